The highest BCUT2D eigenvalue weighted by molar-refractivity contribution is 8.18. The number of hydrogen-bond acceptors (Lipinski definition) is 7. The van der Waals surface area contributed by atoms with Crippen molar-refractivity contribution in [1.82, 2.24) is 9.80 Å². The second kappa shape index (κ2) is 9.99. The van der Waals surface area contributed by atoms with Crippen LogP contribution in [-0.2, 0) is 9.59 Å². The van der Waals surface area contributed by atoms with Gasteiger partial charge in [0.2, 0.25) is 5.91 Å². The summed E-state index contributed by atoms with van der Waals surface area (Å²) >= 11 is 0.806. The van der Waals surface area contributed by atoms with Gasteiger partial charge in [-0.25, -0.2) is 0 Å². The van der Waals surface area contributed by atoms with Crippen LogP contribution in [0, 0.1) is 0 Å². The lowest BCUT2D eigenvalue weighted by Crippen LogP contribution is -2.49. The van der Waals surface area contributed by atoms with Gasteiger partial charge in [0.25, 0.3) is 11.1 Å². The van der Waals surface area contributed by atoms with Crippen molar-refractivity contribution in [2.45, 2.75) is 31.7 Å². The maximum atomic E-state index is 12.8. The minimum atomic E-state index is -0.494. The van der Waals surface area contributed by atoms with Crippen LogP contribution in [0.15, 0.2) is 23.1 Å². The van der Waals surface area contributed by atoms with Crippen LogP contribution in [0.4, 0.5) is 4.79 Å². The summed E-state index contributed by atoms with van der Waals surface area (Å²) < 4.78 is 10.5. The maximum Gasteiger partial charge on any atom is 0.294 e. The topological polar surface area (TPSA) is 96.4 Å². The number of benzene rings is 1. The number of hydrogen-bond donors (Lipinski definition) is 1. The van der Waals surface area contributed by atoms with Gasteiger partial charge in [0.1, 0.15) is 18.0 Å². The fourth-order valence-electron chi connectivity index (χ4n) is 3.72. The zero-order valence-corrected chi connectivity index (χ0v) is 17.9. The van der Waals surface area contributed by atoms with Crippen LogP contribution in [-0.4, -0.2) is 71.9 Å². The summed E-state index contributed by atoms with van der Waals surface area (Å²) in [5.41, 5.74) is 0.633. The number of methoxy groups -OCH3 is 2. The van der Waals surface area contributed by atoms with Crippen molar-refractivity contribution in [1.29, 1.82) is 0 Å². The van der Waals surface area contributed by atoms with Crippen LogP contribution < -0.4 is 9.47 Å². The first-order chi connectivity index (χ1) is 14.5. The van der Waals surface area contributed by atoms with Gasteiger partial charge in [-0.1, -0.05) is 0 Å². The molecule has 2 saturated heterocycles. The van der Waals surface area contributed by atoms with Crippen LogP contribution in [0.3, 0.4) is 0 Å². The fraction of sp³-hybridized carbons (Fsp3) is 0.476. The minimum absolute atomic E-state index is 0.00243. The first-order valence-corrected chi connectivity index (χ1v) is 10.7. The van der Waals surface area contributed by atoms with Crippen LogP contribution in [0.1, 0.15) is 31.2 Å². The molecule has 2 heterocycles. The molecule has 3 amide bonds. The summed E-state index contributed by atoms with van der Waals surface area (Å²) in [4.78, 5) is 41.0. The van der Waals surface area contributed by atoms with E-state index in [2.05, 4.69) is 0 Å². The Balaban J connectivity index is 1.75. The molecular formula is C21H26N2O6S. The van der Waals surface area contributed by atoms with Crippen molar-refractivity contribution in [2.75, 3.05) is 33.9 Å². The molecule has 0 radical (unpaired) electrons. The lowest BCUT2D eigenvalue weighted by molar-refractivity contribution is -0.139. The fourth-order valence-corrected chi connectivity index (χ4v) is 4.55. The zero-order chi connectivity index (χ0) is 21.7. The largest absolute Gasteiger partial charge is 0.497 e. The molecule has 162 valence electrons. The Morgan fingerprint density at radius 3 is 2.77 bits per heavy atom. The lowest BCUT2D eigenvalue weighted by Gasteiger charge is -2.36. The van der Waals surface area contributed by atoms with Crippen molar-refractivity contribution < 1.29 is 29.0 Å². The van der Waals surface area contributed by atoms with Gasteiger partial charge >= 0.3 is 0 Å². The molecule has 0 saturated carbocycles. The summed E-state index contributed by atoms with van der Waals surface area (Å²) in [5, 5.41) is 8.78. The Hall–Kier alpha value is -2.52. The van der Waals surface area contributed by atoms with E-state index in [1.807, 2.05) is 0 Å². The molecule has 0 aliphatic carbocycles. The summed E-state index contributed by atoms with van der Waals surface area (Å²) in [7, 11) is 3.06. The molecule has 9 heteroatoms. The molecule has 3 rings (SSSR count). The first-order valence-electron chi connectivity index (χ1n) is 9.86. The third kappa shape index (κ3) is 4.79. The molecule has 0 aromatic heterocycles. The number of aliphatic hydroxyl groups excluding tert-OH is 1. The molecule has 0 unspecified atom stereocenters. The molecule has 30 heavy (non-hydrogen) atoms. The van der Waals surface area contributed by atoms with Gasteiger partial charge in [0, 0.05) is 30.8 Å². The SMILES string of the molecule is COc1ccc(/C=C2\SC(=O)N(CC(=O)N3CCCC[C@@H]3CCO)C2=O)c(OC)c1. The zero-order valence-electron chi connectivity index (χ0n) is 17.1. The minimum Gasteiger partial charge on any atom is -0.497 e. The number of imide groups is 1. The van der Waals surface area contributed by atoms with Crippen LogP contribution in [0.25, 0.3) is 6.08 Å². The Morgan fingerprint density at radius 2 is 2.07 bits per heavy atom. The third-order valence-electron chi connectivity index (χ3n) is 5.30. The maximum absolute atomic E-state index is 12.8. The Kier molecular flexibility index (Phi) is 7.38. The number of piperidine rings is 1. The average molecular weight is 435 g/mol. The molecule has 1 atom stereocenters. The van der Waals surface area contributed by atoms with E-state index < -0.39 is 11.1 Å². The molecule has 8 nitrogen and oxygen atoms in total. The number of nitrogens with zero attached hydrogens (tertiary/aromatic N) is 2. The monoisotopic (exact) mass is 434 g/mol. The highest BCUT2D eigenvalue weighted by atomic mass is 32.2. The molecule has 1 N–H and O–H groups in total. The van der Waals surface area contributed by atoms with Gasteiger partial charge in [-0.05, 0) is 55.7 Å². The van der Waals surface area contributed by atoms with E-state index in [0.717, 1.165) is 35.9 Å². The van der Waals surface area contributed by atoms with E-state index in [1.54, 1.807) is 36.3 Å². The van der Waals surface area contributed by atoms with Crippen LogP contribution in [0.2, 0.25) is 0 Å². The van der Waals surface area contributed by atoms with E-state index in [4.69, 9.17) is 9.47 Å². The van der Waals surface area contributed by atoms with Gasteiger partial charge in [-0.15, -0.1) is 0 Å². The molecule has 1 aromatic rings. The van der Waals surface area contributed by atoms with Crippen molar-refractivity contribution >= 4 is 34.9 Å². The Bertz CT molecular complexity index is 854. The number of thioether (sulfide) groups is 1. The molecule has 2 aliphatic rings. The normalized spacial score (nSPS) is 20.8. The second-order valence-electron chi connectivity index (χ2n) is 7.12. The molecule has 0 bridgehead atoms. The van der Waals surface area contributed by atoms with Gasteiger partial charge in [0.15, 0.2) is 0 Å². The van der Waals surface area contributed by atoms with E-state index in [0.29, 0.717) is 30.0 Å². The number of amides is 3. The number of carbonyl (C=O) groups excluding carboxylic acids is 3. The molecule has 1 aromatic carbocycles. The molecular weight excluding hydrogens is 408 g/mol. The number of rotatable bonds is 7. The highest BCUT2D eigenvalue weighted by Crippen LogP contribution is 2.35. The summed E-state index contributed by atoms with van der Waals surface area (Å²) in [6.07, 6.45) is 4.80. The Morgan fingerprint density at radius 1 is 1.27 bits per heavy atom. The summed E-state index contributed by atoms with van der Waals surface area (Å²) in [6, 6.07) is 5.12. The number of ether oxygens (including phenoxy) is 2. The van der Waals surface area contributed by atoms with E-state index in [1.165, 1.54) is 7.11 Å². The lowest BCUT2D eigenvalue weighted by atomic mass is 9.99. The number of likely N-dealkylation sites (tertiary alicyclic amines) is 1. The summed E-state index contributed by atoms with van der Waals surface area (Å²) in [5.74, 6) is 0.365. The molecule has 2 fully saturated rings. The number of carbonyl (C=O) groups is 3. The highest BCUT2D eigenvalue weighted by Gasteiger charge is 2.38. The van der Waals surface area contributed by atoms with E-state index in [-0.39, 0.29) is 30.0 Å². The molecule has 2 aliphatic heterocycles. The van der Waals surface area contributed by atoms with Crippen LogP contribution in [0.5, 0.6) is 11.5 Å². The molecule has 0 spiro atoms. The van der Waals surface area contributed by atoms with Crippen molar-refractivity contribution in [3.05, 3.63) is 28.7 Å². The van der Waals surface area contributed by atoms with Gasteiger partial charge < -0.3 is 19.5 Å². The smallest absolute Gasteiger partial charge is 0.294 e. The standard InChI is InChI=1S/C21H26N2O6S/c1-28-16-7-6-14(17(12-16)29-2)11-18-20(26)23(21(27)30-18)13-19(25)22-9-4-3-5-15(22)8-10-24/h6-7,11-12,15,24H,3-5,8-10,13H2,1-2H3/b18-11-/t15-/m1/s1. The van der Waals surface area contributed by atoms with Gasteiger partial charge in [-0.2, -0.15) is 0 Å². The average Bonchev–Trinajstić information content (AvgIpc) is 3.02. The quantitative estimate of drug-likeness (QED) is 0.659. The third-order valence-corrected chi connectivity index (χ3v) is 6.21. The Labute approximate surface area is 179 Å². The van der Waals surface area contributed by atoms with E-state index in [9.17, 15) is 19.5 Å². The van der Waals surface area contributed by atoms with Crippen molar-refractivity contribution in [2.24, 2.45) is 0 Å². The first kappa shape index (κ1) is 22.2. The van der Waals surface area contributed by atoms with Gasteiger partial charge in [0.05, 0.1) is 19.1 Å². The van der Waals surface area contributed by atoms with Crippen molar-refractivity contribution in [3.63, 3.8) is 0 Å². The number of aliphatic hydroxyl groups is 1. The summed E-state index contributed by atoms with van der Waals surface area (Å²) in [6.45, 7) is 0.296. The predicted octanol–water partition coefficient (Wildman–Crippen LogP) is 2.50. The van der Waals surface area contributed by atoms with Crippen LogP contribution >= 0.6 is 11.8 Å². The second-order valence-corrected chi connectivity index (χ2v) is 8.12. The van der Waals surface area contributed by atoms with Crippen molar-refractivity contribution in [3.8, 4) is 11.5 Å². The van der Waals surface area contributed by atoms with E-state index >= 15 is 0 Å². The van der Waals surface area contributed by atoms with Gasteiger partial charge in [-0.3, -0.25) is 19.3 Å². The predicted molar refractivity (Wildman–Crippen MR) is 113 cm³/mol.